The molecule has 1 fully saturated rings. The molecule has 0 amide bonds. The first-order chi connectivity index (χ1) is 7.18. The molecule has 2 rings (SSSR count). The summed E-state index contributed by atoms with van der Waals surface area (Å²) in [5.41, 5.74) is 0. The van der Waals surface area contributed by atoms with E-state index in [1.54, 1.807) is 0 Å². The van der Waals surface area contributed by atoms with Gasteiger partial charge in [0.1, 0.15) is 0 Å². The normalized spacial score (nSPS) is 16.8. The third-order valence-electron chi connectivity index (χ3n) is 2.19. The van der Waals surface area contributed by atoms with Crippen LogP contribution in [0.3, 0.4) is 0 Å². The van der Waals surface area contributed by atoms with Crippen molar-refractivity contribution in [3.8, 4) is 0 Å². The van der Waals surface area contributed by atoms with Crippen molar-refractivity contribution in [3.05, 3.63) is 12.5 Å². The number of nitrogens with one attached hydrogen (secondary N) is 3. The highest BCUT2D eigenvalue weighted by Crippen LogP contribution is 2.17. The summed E-state index contributed by atoms with van der Waals surface area (Å²) in [4.78, 5) is 6.22. The van der Waals surface area contributed by atoms with E-state index in [0.29, 0.717) is 19.1 Å². The molecule has 0 saturated heterocycles. The summed E-state index contributed by atoms with van der Waals surface area (Å²) in [7, 11) is -3.40. The van der Waals surface area contributed by atoms with Gasteiger partial charge in [0, 0.05) is 19.1 Å². The van der Waals surface area contributed by atoms with Gasteiger partial charge in [0.15, 0.2) is 5.03 Å². The Morgan fingerprint density at radius 1 is 1.47 bits per heavy atom. The molecule has 0 spiro atoms. The topological polar surface area (TPSA) is 86.9 Å². The van der Waals surface area contributed by atoms with Crippen LogP contribution >= 0.6 is 0 Å². The van der Waals surface area contributed by atoms with Crippen LogP contribution in [0.2, 0.25) is 0 Å². The molecule has 1 aliphatic rings. The van der Waals surface area contributed by atoms with Crippen LogP contribution in [0.4, 0.5) is 0 Å². The van der Waals surface area contributed by atoms with Gasteiger partial charge in [-0.05, 0) is 12.8 Å². The fraction of sp³-hybridized carbons (Fsp3) is 0.625. The van der Waals surface area contributed by atoms with Crippen LogP contribution in [0.5, 0.6) is 0 Å². The van der Waals surface area contributed by atoms with E-state index in [2.05, 4.69) is 20.0 Å². The molecule has 0 aromatic carbocycles. The molecule has 0 aliphatic heterocycles. The average Bonchev–Trinajstić information content (AvgIpc) is 2.83. The van der Waals surface area contributed by atoms with Crippen LogP contribution in [-0.2, 0) is 10.0 Å². The lowest BCUT2D eigenvalue weighted by Crippen LogP contribution is -2.32. The van der Waals surface area contributed by atoms with Crippen LogP contribution in [0.1, 0.15) is 12.8 Å². The SMILES string of the molecule is O=S(=O)(NCCNC1CC1)c1cnc[nH]1. The quantitative estimate of drug-likeness (QED) is 0.572. The van der Waals surface area contributed by atoms with E-state index in [0.717, 1.165) is 0 Å². The van der Waals surface area contributed by atoms with E-state index in [9.17, 15) is 8.42 Å². The molecule has 0 unspecified atom stereocenters. The smallest absolute Gasteiger partial charge is 0.257 e. The average molecular weight is 230 g/mol. The predicted molar refractivity (Wildman–Crippen MR) is 54.8 cm³/mol. The van der Waals surface area contributed by atoms with E-state index in [1.807, 2.05) is 0 Å². The van der Waals surface area contributed by atoms with Gasteiger partial charge in [-0.25, -0.2) is 18.1 Å². The number of aromatic nitrogens is 2. The maximum absolute atomic E-state index is 11.5. The maximum atomic E-state index is 11.5. The molecule has 1 aliphatic carbocycles. The zero-order chi connectivity index (χ0) is 10.7. The molecule has 1 heterocycles. The molecule has 6 nitrogen and oxygen atoms in total. The monoisotopic (exact) mass is 230 g/mol. The number of aromatic amines is 1. The van der Waals surface area contributed by atoms with E-state index < -0.39 is 10.0 Å². The van der Waals surface area contributed by atoms with Crippen LogP contribution in [0.15, 0.2) is 17.6 Å². The van der Waals surface area contributed by atoms with Crippen molar-refractivity contribution in [1.29, 1.82) is 0 Å². The molecule has 3 N–H and O–H groups in total. The van der Waals surface area contributed by atoms with Crippen LogP contribution in [0, 0.1) is 0 Å². The second-order valence-corrected chi connectivity index (χ2v) is 5.28. The summed E-state index contributed by atoms with van der Waals surface area (Å²) in [5, 5.41) is 3.33. The third-order valence-corrected chi connectivity index (χ3v) is 3.58. The van der Waals surface area contributed by atoms with Crippen molar-refractivity contribution >= 4 is 10.0 Å². The fourth-order valence-electron chi connectivity index (χ4n) is 1.22. The minimum absolute atomic E-state index is 0.105. The van der Waals surface area contributed by atoms with E-state index >= 15 is 0 Å². The van der Waals surface area contributed by atoms with Crippen LogP contribution < -0.4 is 10.0 Å². The van der Waals surface area contributed by atoms with Gasteiger partial charge < -0.3 is 10.3 Å². The highest BCUT2D eigenvalue weighted by atomic mass is 32.2. The predicted octanol–water partition coefficient (Wildman–Crippen LogP) is -0.560. The first kappa shape index (κ1) is 10.6. The number of rotatable bonds is 6. The van der Waals surface area contributed by atoms with Crippen molar-refractivity contribution < 1.29 is 8.42 Å². The minimum atomic E-state index is -3.40. The largest absolute Gasteiger partial charge is 0.335 e. The highest BCUT2D eigenvalue weighted by molar-refractivity contribution is 7.89. The lowest BCUT2D eigenvalue weighted by atomic mass is 10.6. The second-order valence-electron chi connectivity index (χ2n) is 3.54. The Morgan fingerprint density at radius 3 is 2.87 bits per heavy atom. The summed E-state index contributed by atoms with van der Waals surface area (Å²) < 4.78 is 25.6. The number of imidazole rings is 1. The van der Waals surface area contributed by atoms with E-state index in [1.165, 1.54) is 25.4 Å². The lowest BCUT2D eigenvalue weighted by Gasteiger charge is -2.04. The van der Waals surface area contributed by atoms with Gasteiger partial charge in [-0.3, -0.25) is 0 Å². The van der Waals surface area contributed by atoms with Crippen molar-refractivity contribution in [2.24, 2.45) is 0 Å². The summed E-state index contributed by atoms with van der Waals surface area (Å²) >= 11 is 0. The molecule has 1 aromatic heterocycles. The first-order valence-corrected chi connectivity index (χ1v) is 6.38. The Morgan fingerprint density at radius 2 is 2.27 bits per heavy atom. The van der Waals surface area contributed by atoms with Crippen molar-refractivity contribution in [1.82, 2.24) is 20.0 Å². The van der Waals surface area contributed by atoms with Gasteiger partial charge in [-0.2, -0.15) is 0 Å². The van der Waals surface area contributed by atoms with Gasteiger partial charge in [0.25, 0.3) is 10.0 Å². The molecule has 0 bridgehead atoms. The Hall–Kier alpha value is -0.920. The Bertz CT molecular complexity index is 396. The Balaban J connectivity index is 1.77. The van der Waals surface area contributed by atoms with E-state index in [-0.39, 0.29) is 5.03 Å². The molecule has 7 heteroatoms. The summed E-state index contributed by atoms with van der Waals surface area (Å²) in [6.45, 7) is 1.07. The van der Waals surface area contributed by atoms with Gasteiger partial charge in [-0.15, -0.1) is 0 Å². The summed E-state index contributed by atoms with van der Waals surface area (Å²) in [5.74, 6) is 0. The van der Waals surface area contributed by atoms with Gasteiger partial charge in [-0.1, -0.05) is 0 Å². The Kier molecular flexibility index (Phi) is 3.03. The summed E-state index contributed by atoms with van der Waals surface area (Å²) in [6, 6.07) is 0.599. The highest BCUT2D eigenvalue weighted by Gasteiger charge is 2.20. The van der Waals surface area contributed by atoms with Crippen molar-refractivity contribution in [2.75, 3.05) is 13.1 Å². The molecule has 1 aromatic rings. The molecular formula is C8H14N4O2S. The molecule has 84 valence electrons. The van der Waals surface area contributed by atoms with Gasteiger partial charge in [0.05, 0.1) is 12.5 Å². The van der Waals surface area contributed by atoms with Gasteiger partial charge >= 0.3 is 0 Å². The van der Waals surface area contributed by atoms with Gasteiger partial charge in [0.2, 0.25) is 0 Å². The molecule has 15 heavy (non-hydrogen) atoms. The lowest BCUT2D eigenvalue weighted by molar-refractivity contribution is 0.572. The number of hydrogen-bond acceptors (Lipinski definition) is 4. The van der Waals surface area contributed by atoms with Crippen molar-refractivity contribution in [3.63, 3.8) is 0 Å². The molecular weight excluding hydrogens is 216 g/mol. The van der Waals surface area contributed by atoms with E-state index in [4.69, 9.17) is 0 Å². The van der Waals surface area contributed by atoms with Crippen LogP contribution in [0.25, 0.3) is 0 Å². The zero-order valence-electron chi connectivity index (χ0n) is 8.23. The molecule has 0 radical (unpaired) electrons. The number of H-pyrrole nitrogens is 1. The van der Waals surface area contributed by atoms with Crippen LogP contribution in [-0.4, -0.2) is 37.5 Å². The minimum Gasteiger partial charge on any atom is -0.335 e. The first-order valence-electron chi connectivity index (χ1n) is 4.90. The number of sulfonamides is 1. The maximum Gasteiger partial charge on any atom is 0.257 e. The molecule has 1 saturated carbocycles. The second kappa shape index (κ2) is 4.30. The Labute approximate surface area is 88.5 Å². The fourth-order valence-corrected chi connectivity index (χ4v) is 2.15. The number of hydrogen-bond donors (Lipinski definition) is 3. The van der Waals surface area contributed by atoms with Crippen molar-refractivity contribution in [2.45, 2.75) is 23.9 Å². The zero-order valence-corrected chi connectivity index (χ0v) is 9.05. The summed E-state index contributed by atoms with van der Waals surface area (Å²) in [6.07, 6.45) is 5.04. The third kappa shape index (κ3) is 3.01. The molecule has 0 atom stereocenters. The number of nitrogens with zero attached hydrogens (tertiary/aromatic N) is 1. The standard InChI is InChI=1S/C8H14N4O2S/c13-15(14,8-5-9-6-11-8)12-4-3-10-7-1-2-7/h5-7,10,12H,1-4H2,(H,9,11).